The number of thioether (sulfide) groups is 1. The highest BCUT2D eigenvalue weighted by atomic mass is 32.2. The van der Waals surface area contributed by atoms with E-state index in [2.05, 4.69) is 53.0 Å². The zero-order chi connectivity index (χ0) is 22.5. The second kappa shape index (κ2) is 10.8. The van der Waals surface area contributed by atoms with E-state index in [-0.39, 0.29) is 0 Å². The molecule has 2 aliphatic rings. The molecule has 0 spiro atoms. The van der Waals surface area contributed by atoms with Crippen molar-refractivity contribution in [3.8, 4) is 0 Å². The second-order valence-corrected chi connectivity index (χ2v) is 10.8. The van der Waals surface area contributed by atoms with Crippen molar-refractivity contribution in [2.24, 2.45) is 10.9 Å². The number of aromatic nitrogens is 1. The second-order valence-electron chi connectivity index (χ2n) is 9.50. The van der Waals surface area contributed by atoms with Crippen LogP contribution in [0.15, 0.2) is 42.0 Å². The quantitative estimate of drug-likeness (QED) is 0.387. The van der Waals surface area contributed by atoms with Crippen LogP contribution in [-0.2, 0) is 0 Å². The molecule has 1 saturated carbocycles. The predicted octanol–water partition coefficient (Wildman–Crippen LogP) is 6.83. The molecule has 2 fully saturated rings. The molecule has 1 aliphatic heterocycles. The van der Waals surface area contributed by atoms with E-state index >= 15 is 0 Å². The van der Waals surface area contributed by atoms with Gasteiger partial charge >= 0.3 is 0 Å². The molecule has 1 aromatic heterocycles. The van der Waals surface area contributed by atoms with Gasteiger partial charge in [-0.15, -0.1) is 0 Å². The molecule has 1 atom stereocenters. The molecule has 1 aliphatic carbocycles. The molecule has 32 heavy (non-hydrogen) atoms. The third-order valence-electron chi connectivity index (χ3n) is 7.38. The summed E-state index contributed by atoms with van der Waals surface area (Å²) >= 11 is 1.63. The van der Waals surface area contributed by atoms with Gasteiger partial charge in [0.2, 0.25) is 0 Å². The van der Waals surface area contributed by atoms with Crippen molar-refractivity contribution in [3.63, 3.8) is 0 Å². The van der Waals surface area contributed by atoms with Crippen LogP contribution >= 0.6 is 11.8 Å². The Labute approximate surface area is 198 Å². The first kappa shape index (κ1) is 23.3. The van der Waals surface area contributed by atoms with E-state index in [0.717, 1.165) is 32.8 Å². The van der Waals surface area contributed by atoms with Crippen molar-refractivity contribution in [2.45, 2.75) is 70.9 Å². The zero-order valence-electron chi connectivity index (χ0n) is 19.9. The van der Waals surface area contributed by atoms with Crippen molar-refractivity contribution in [1.82, 2.24) is 9.88 Å². The molecule has 4 rings (SSSR count). The number of nitrogens with one attached hydrogen (secondary N) is 1. The van der Waals surface area contributed by atoms with E-state index < -0.39 is 0 Å². The molecule has 1 saturated heterocycles. The van der Waals surface area contributed by atoms with E-state index in [1.165, 1.54) is 63.4 Å². The zero-order valence-corrected chi connectivity index (χ0v) is 20.8. The van der Waals surface area contributed by atoms with Crippen LogP contribution in [-0.4, -0.2) is 47.1 Å². The summed E-state index contributed by atoms with van der Waals surface area (Å²) in [6, 6.07) is 9.95. The number of fused-ring (bicyclic) bond motifs is 1. The molecule has 1 aromatic carbocycles. The number of likely N-dealkylation sites (tertiary alicyclic amines) is 1. The number of benzene rings is 1. The Hall–Kier alpha value is -1.85. The molecular weight excluding hydrogens is 412 g/mol. The minimum absolute atomic E-state index is 0.436. The van der Waals surface area contributed by atoms with Gasteiger partial charge in [0, 0.05) is 35.6 Å². The smallest absolute Gasteiger partial charge is 0.126 e. The van der Waals surface area contributed by atoms with Crippen molar-refractivity contribution in [2.75, 3.05) is 25.5 Å². The average molecular weight is 451 g/mol. The summed E-state index contributed by atoms with van der Waals surface area (Å²) in [6.45, 7) is 11.1. The molecule has 0 amide bonds. The Morgan fingerprint density at radius 3 is 2.59 bits per heavy atom. The standard InChI is InChI=1S/C27H38N4S/c1-19(22-12-14-31(15-13-22)26-8-6-5-7-9-26)30-27-17-25-16-23(10-11-24(25)18-29-27)20(2)32-21(3)28-4/h10-11,16-19,22,26H,2,5-9,12-15H2,1,3-4H3,(H,29,30). The number of pyridine rings is 1. The summed E-state index contributed by atoms with van der Waals surface area (Å²) < 4.78 is 0. The van der Waals surface area contributed by atoms with Gasteiger partial charge in [0.15, 0.2) is 0 Å². The fourth-order valence-corrected chi connectivity index (χ4v) is 5.95. The minimum Gasteiger partial charge on any atom is -0.367 e. The Morgan fingerprint density at radius 2 is 1.88 bits per heavy atom. The molecule has 1 unspecified atom stereocenters. The van der Waals surface area contributed by atoms with Gasteiger partial charge in [-0.2, -0.15) is 0 Å². The van der Waals surface area contributed by atoms with E-state index in [0.29, 0.717) is 12.0 Å². The molecule has 2 heterocycles. The van der Waals surface area contributed by atoms with Gasteiger partial charge in [-0.25, -0.2) is 4.98 Å². The molecule has 172 valence electrons. The predicted molar refractivity (Wildman–Crippen MR) is 142 cm³/mol. The first-order chi connectivity index (χ1) is 15.5. The fraction of sp³-hybridized carbons (Fsp3) is 0.556. The topological polar surface area (TPSA) is 40.5 Å². The first-order valence-electron chi connectivity index (χ1n) is 12.2. The lowest BCUT2D eigenvalue weighted by Crippen LogP contribution is -2.45. The summed E-state index contributed by atoms with van der Waals surface area (Å²) in [5, 5.41) is 7.10. The summed E-state index contributed by atoms with van der Waals surface area (Å²) in [5.74, 6) is 1.69. The van der Waals surface area contributed by atoms with Crippen LogP contribution < -0.4 is 5.32 Å². The van der Waals surface area contributed by atoms with Gasteiger partial charge in [0.1, 0.15) is 5.82 Å². The van der Waals surface area contributed by atoms with Crippen LogP contribution in [0.1, 0.15) is 64.4 Å². The largest absolute Gasteiger partial charge is 0.367 e. The molecular formula is C27H38N4S. The van der Waals surface area contributed by atoms with E-state index in [4.69, 9.17) is 4.98 Å². The highest BCUT2D eigenvalue weighted by Crippen LogP contribution is 2.31. The number of rotatable bonds is 6. The van der Waals surface area contributed by atoms with Gasteiger partial charge in [0.25, 0.3) is 0 Å². The lowest BCUT2D eigenvalue weighted by atomic mass is 9.87. The third-order valence-corrected chi connectivity index (χ3v) is 8.34. The van der Waals surface area contributed by atoms with Crippen molar-refractivity contribution < 1.29 is 0 Å². The number of anilines is 1. The maximum atomic E-state index is 4.70. The average Bonchev–Trinajstić information content (AvgIpc) is 2.84. The number of hydrogen-bond acceptors (Lipinski definition) is 5. The summed E-state index contributed by atoms with van der Waals surface area (Å²) in [5.41, 5.74) is 1.14. The van der Waals surface area contributed by atoms with Crippen LogP contribution in [0.4, 0.5) is 5.82 Å². The van der Waals surface area contributed by atoms with Gasteiger partial charge in [-0.1, -0.05) is 49.7 Å². The Bertz CT molecular complexity index is 955. The lowest BCUT2D eigenvalue weighted by Gasteiger charge is -2.41. The van der Waals surface area contributed by atoms with Crippen LogP contribution in [0.3, 0.4) is 0 Å². The highest BCUT2D eigenvalue weighted by molar-refractivity contribution is 8.21. The number of hydrogen-bond donors (Lipinski definition) is 1. The molecule has 1 N–H and O–H groups in total. The fourth-order valence-electron chi connectivity index (χ4n) is 5.26. The minimum atomic E-state index is 0.436. The molecule has 0 bridgehead atoms. The van der Waals surface area contributed by atoms with Crippen molar-refractivity contribution >= 4 is 38.3 Å². The Morgan fingerprint density at radius 1 is 1.12 bits per heavy atom. The van der Waals surface area contributed by atoms with Gasteiger partial charge < -0.3 is 10.2 Å². The number of piperidine rings is 1. The van der Waals surface area contributed by atoms with Gasteiger partial charge in [0.05, 0.1) is 5.04 Å². The Kier molecular flexibility index (Phi) is 7.90. The SMILES string of the molecule is C=C(SC(C)=NC)c1ccc2cnc(NC(C)C3CCN(C4CCCCC4)CC3)cc2c1. The van der Waals surface area contributed by atoms with Crippen LogP contribution in [0.2, 0.25) is 0 Å². The van der Waals surface area contributed by atoms with Crippen molar-refractivity contribution in [1.29, 1.82) is 0 Å². The van der Waals surface area contributed by atoms with E-state index in [9.17, 15) is 0 Å². The first-order valence-corrected chi connectivity index (χ1v) is 13.1. The highest BCUT2D eigenvalue weighted by Gasteiger charge is 2.28. The van der Waals surface area contributed by atoms with Crippen LogP contribution in [0.25, 0.3) is 15.7 Å². The van der Waals surface area contributed by atoms with E-state index in [1.807, 2.05) is 20.2 Å². The normalized spacial score (nSPS) is 20.4. The third kappa shape index (κ3) is 5.74. The lowest BCUT2D eigenvalue weighted by molar-refractivity contribution is 0.103. The number of nitrogens with zero attached hydrogens (tertiary/aromatic N) is 3. The Balaban J connectivity index is 1.37. The monoisotopic (exact) mass is 450 g/mol. The van der Waals surface area contributed by atoms with Gasteiger partial charge in [-0.05, 0) is 81.6 Å². The summed E-state index contributed by atoms with van der Waals surface area (Å²) in [6.07, 6.45) is 11.7. The summed E-state index contributed by atoms with van der Waals surface area (Å²) in [7, 11) is 1.82. The number of aliphatic imine (C=N–C) groups is 1. The van der Waals surface area contributed by atoms with Crippen LogP contribution in [0.5, 0.6) is 0 Å². The van der Waals surface area contributed by atoms with Gasteiger partial charge in [-0.3, -0.25) is 4.99 Å². The van der Waals surface area contributed by atoms with Crippen molar-refractivity contribution in [3.05, 3.63) is 42.6 Å². The summed E-state index contributed by atoms with van der Waals surface area (Å²) in [4.78, 5) is 12.7. The molecule has 2 aromatic rings. The van der Waals surface area contributed by atoms with Crippen LogP contribution in [0, 0.1) is 5.92 Å². The molecule has 4 nitrogen and oxygen atoms in total. The maximum absolute atomic E-state index is 4.70. The molecule has 5 heteroatoms. The van der Waals surface area contributed by atoms with E-state index in [1.54, 1.807) is 11.8 Å². The maximum Gasteiger partial charge on any atom is 0.126 e. The molecule has 0 radical (unpaired) electrons.